The average molecular weight is 547 g/mol. The number of rotatable bonds is 9. The molecule has 0 spiro atoms. The van der Waals surface area contributed by atoms with Gasteiger partial charge in [0.05, 0.1) is 39.0 Å². The molecule has 0 bridgehead atoms. The molecule has 4 N–H and O–H groups in total. The van der Waals surface area contributed by atoms with Gasteiger partial charge in [-0.3, -0.25) is 15.0 Å². The van der Waals surface area contributed by atoms with Gasteiger partial charge in [0.25, 0.3) is 0 Å². The maximum Gasteiger partial charge on any atom is 0.119 e. The highest BCUT2D eigenvalue weighted by Gasteiger charge is 2.38. The summed E-state index contributed by atoms with van der Waals surface area (Å²) in [4.78, 5) is 8.84. The van der Waals surface area contributed by atoms with Gasteiger partial charge >= 0.3 is 0 Å². The first-order chi connectivity index (χ1) is 19.5. The molecule has 2 aromatic heterocycles. The van der Waals surface area contributed by atoms with Crippen molar-refractivity contribution in [3.05, 3.63) is 107 Å². The van der Waals surface area contributed by atoms with Crippen molar-refractivity contribution >= 4 is 41.7 Å². The van der Waals surface area contributed by atoms with Crippen molar-refractivity contribution in [2.24, 2.45) is 0 Å². The summed E-state index contributed by atoms with van der Waals surface area (Å²) in [5.41, 5.74) is 10.3. The molecule has 2 aromatic carbocycles. The lowest BCUT2D eigenvalue weighted by Crippen LogP contribution is -2.45. The molecule has 2 radical (unpaired) electrons. The molecule has 0 amide bonds. The molecule has 4 aromatic rings. The fraction of sp³-hybridized carbons (Fsp3) is 0.233. The van der Waals surface area contributed by atoms with Crippen LogP contribution in [0.4, 0.5) is 11.4 Å². The monoisotopic (exact) mass is 546 g/mol. The maximum absolute atomic E-state index is 9.99. The van der Waals surface area contributed by atoms with Crippen LogP contribution < -0.4 is 21.6 Å². The zero-order valence-electron chi connectivity index (χ0n) is 22.0. The van der Waals surface area contributed by atoms with Crippen LogP contribution in [-0.4, -0.2) is 28.9 Å². The van der Waals surface area contributed by atoms with Crippen LogP contribution in [-0.2, 0) is 5.44 Å². The minimum absolute atomic E-state index is 0.00870. The second kappa shape index (κ2) is 10.7. The molecule has 8 nitrogen and oxygen atoms in total. The number of hydrazine groups is 2. The number of aromatic nitrogens is 2. The number of nitrogens with zero attached hydrogens (tertiary/aromatic N) is 4. The molecule has 0 saturated heterocycles. The minimum Gasteiger partial charge on any atom is -0.378 e. The third-order valence-corrected chi connectivity index (χ3v) is 7.67. The van der Waals surface area contributed by atoms with E-state index in [9.17, 15) is 5.26 Å². The number of halogens is 1. The van der Waals surface area contributed by atoms with Crippen LogP contribution in [0.5, 0.6) is 0 Å². The van der Waals surface area contributed by atoms with E-state index < -0.39 is 5.44 Å². The van der Waals surface area contributed by atoms with E-state index in [4.69, 9.17) is 19.4 Å². The van der Waals surface area contributed by atoms with Gasteiger partial charge in [-0.1, -0.05) is 54.9 Å². The van der Waals surface area contributed by atoms with Gasteiger partial charge in [-0.15, -0.1) is 5.53 Å². The van der Waals surface area contributed by atoms with Crippen molar-refractivity contribution in [3.63, 3.8) is 0 Å². The van der Waals surface area contributed by atoms with E-state index in [1.165, 1.54) is 0 Å². The van der Waals surface area contributed by atoms with Crippen LogP contribution in [0.25, 0.3) is 10.9 Å². The summed E-state index contributed by atoms with van der Waals surface area (Å²) in [6, 6.07) is 20.4. The number of benzene rings is 2. The summed E-state index contributed by atoms with van der Waals surface area (Å²) < 4.78 is 0. The molecule has 1 saturated carbocycles. The summed E-state index contributed by atoms with van der Waals surface area (Å²) in [7, 11) is 7.13. The molecular formula is C30H28BClN8. The molecule has 1 unspecified atom stereocenters. The molecule has 2 aliphatic rings. The summed E-state index contributed by atoms with van der Waals surface area (Å²) >= 11 is 6.81. The standard InChI is InChI=1S/C30H28BClN8/c1-2-26(19-7-4-3-5-8-19)36-28-20(15-33)16-35-29-24(28)13-22(14-25(29)32)37-30(31,21-9-6-12-34-17-21)27-18-40(39-38-27)23-10-11-23/h3-9,12-14,16-18,23,26,37-39H,2,10-11H2,1H3,(H,35,36)/t26-,30?/m1/s1. The van der Waals surface area contributed by atoms with Gasteiger partial charge in [-0.2, -0.15) is 5.26 Å². The number of pyridine rings is 2. The Morgan fingerprint density at radius 1 is 1.20 bits per heavy atom. The zero-order valence-corrected chi connectivity index (χ0v) is 22.8. The van der Waals surface area contributed by atoms with Crippen molar-refractivity contribution in [2.45, 2.75) is 43.7 Å². The van der Waals surface area contributed by atoms with Crippen LogP contribution in [0.15, 0.2) is 85.1 Å². The van der Waals surface area contributed by atoms with Crippen LogP contribution >= 0.6 is 11.6 Å². The lowest BCUT2D eigenvalue weighted by atomic mass is 9.70. The predicted molar refractivity (Wildman–Crippen MR) is 159 cm³/mol. The number of nitriles is 1. The second-order valence-corrected chi connectivity index (χ2v) is 10.5. The Balaban J connectivity index is 1.44. The molecular weight excluding hydrogens is 519 g/mol. The van der Waals surface area contributed by atoms with Crippen LogP contribution in [0, 0.1) is 11.3 Å². The topological polar surface area (TPSA) is 101 Å². The smallest absolute Gasteiger partial charge is 0.119 e. The number of fused-ring (bicyclic) bond motifs is 1. The SMILES string of the molecule is [B]C(Nc1cc(Cl)c2ncc(C#N)c(N[C@H](CC)c3ccccc3)c2c1)(C1=CN(C2CC2)NN1)c1cccnc1. The molecule has 10 heteroatoms. The Bertz CT molecular complexity index is 1600. The fourth-order valence-corrected chi connectivity index (χ4v) is 5.32. The van der Waals surface area contributed by atoms with E-state index >= 15 is 0 Å². The molecule has 1 fully saturated rings. The first kappa shape index (κ1) is 26.0. The largest absolute Gasteiger partial charge is 0.378 e. The van der Waals surface area contributed by atoms with Crippen molar-refractivity contribution in [1.29, 1.82) is 5.26 Å². The van der Waals surface area contributed by atoms with Crippen molar-refractivity contribution in [3.8, 4) is 6.07 Å². The molecule has 2 atom stereocenters. The average Bonchev–Trinajstić information content (AvgIpc) is 3.72. The van der Waals surface area contributed by atoms with E-state index in [2.05, 4.69) is 56.7 Å². The fourth-order valence-electron chi connectivity index (χ4n) is 5.05. The second-order valence-electron chi connectivity index (χ2n) is 10.1. The predicted octanol–water partition coefficient (Wildman–Crippen LogP) is 5.48. The van der Waals surface area contributed by atoms with Crippen LogP contribution in [0.1, 0.15) is 48.9 Å². The van der Waals surface area contributed by atoms with E-state index in [1.807, 2.05) is 47.6 Å². The number of hydrogen-bond donors (Lipinski definition) is 4. The molecule has 198 valence electrons. The van der Waals surface area contributed by atoms with Crippen LogP contribution in [0.3, 0.4) is 0 Å². The normalized spacial score (nSPS) is 16.9. The number of hydrogen-bond acceptors (Lipinski definition) is 8. The minimum atomic E-state index is -1.16. The van der Waals surface area contributed by atoms with Crippen molar-refractivity contribution in [1.82, 2.24) is 25.9 Å². The first-order valence-corrected chi connectivity index (χ1v) is 13.7. The summed E-state index contributed by atoms with van der Waals surface area (Å²) in [6.45, 7) is 2.11. The lowest BCUT2D eigenvalue weighted by molar-refractivity contribution is 0.260. The molecule has 3 heterocycles. The molecule has 1 aliphatic carbocycles. The summed E-state index contributed by atoms with van der Waals surface area (Å²) in [6.07, 6.45) is 10.1. The Morgan fingerprint density at radius 2 is 2.02 bits per heavy atom. The summed E-state index contributed by atoms with van der Waals surface area (Å²) in [5, 5.41) is 20.3. The maximum atomic E-state index is 9.99. The van der Waals surface area contributed by atoms with Crippen molar-refractivity contribution in [2.75, 3.05) is 10.6 Å². The quantitative estimate of drug-likeness (QED) is 0.205. The van der Waals surface area contributed by atoms with Gasteiger partial charge in [-0.25, -0.2) is 0 Å². The van der Waals surface area contributed by atoms with E-state index in [0.717, 1.165) is 41.5 Å². The van der Waals surface area contributed by atoms with Crippen LogP contribution in [0.2, 0.25) is 5.02 Å². The van der Waals surface area contributed by atoms with Gasteiger partial charge in [0.15, 0.2) is 0 Å². The Hall–Kier alpha value is -4.26. The zero-order chi connectivity index (χ0) is 27.7. The van der Waals surface area contributed by atoms with Crippen molar-refractivity contribution < 1.29 is 0 Å². The van der Waals surface area contributed by atoms with E-state index in [-0.39, 0.29) is 6.04 Å². The van der Waals surface area contributed by atoms with Gasteiger partial charge in [0.1, 0.15) is 13.9 Å². The van der Waals surface area contributed by atoms with E-state index in [0.29, 0.717) is 33.5 Å². The Kier molecular flexibility index (Phi) is 6.97. The highest BCUT2D eigenvalue weighted by atomic mass is 35.5. The third-order valence-electron chi connectivity index (χ3n) is 7.39. The Labute approximate surface area is 239 Å². The molecule has 1 aliphatic heterocycles. The van der Waals surface area contributed by atoms with E-state index in [1.54, 1.807) is 24.7 Å². The van der Waals surface area contributed by atoms with Gasteiger partial charge < -0.3 is 16.1 Å². The van der Waals surface area contributed by atoms with Gasteiger partial charge in [0.2, 0.25) is 0 Å². The van der Waals surface area contributed by atoms with Gasteiger partial charge in [0, 0.05) is 41.9 Å². The van der Waals surface area contributed by atoms with Gasteiger partial charge in [-0.05, 0) is 48.6 Å². The Morgan fingerprint density at radius 3 is 2.73 bits per heavy atom. The number of nitrogens with one attached hydrogen (secondary N) is 4. The summed E-state index contributed by atoms with van der Waals surface area (Å²) in [5.74, 6) is 0. The first-order valence-electron chi connectivity index (χ1n) is 13.3. The highest BCUT2D eigenvalue weighted by Crippen LogP contribution is 2.39. The third kappa shape index (κ3) is 4.92. The molecule has 6 rings (SSSR count). The number of anilines is 2. The lowest BCUT2D eigenvalue weighted by Gasteiger charge is -2.34. The highest BCUT2D eigenvalue weighted by molar-refractivity contribution is 6.36. The molecule has 40 heavy (non-hydrogen) atoms.